The van der Waals surface area contributed by atoms with Crippen molar-refractivity contribution in [1.29, 1.82) is 0 Å². The molecule has 0 saturated carbocycles. The second kappa shape index (κ2) is 7.94. The summed E-state index contributed by atoms with van der Waals surface area (Å²) >= 11 is 3.28. The van der Waals surface area contributed by atoms with Crippen LogP contribution >= 0.6 is 15.9 Å². The molecule has 0 spiro atoms. The SMILES string of the molecule is Cc1ccc(Br)cc1S(=O)(=O)/C(C=[NH+]CC1OCC(C)(C)CO1)=N/N. The molecule has 0 amide bonds. The second-order valence-electron chi connectivity index (χ2n) is 6.65. The number of hydrogen-bond donors (Lipinski definition) is 2. The Kier molecular flexibility index (Phi) is 6.36. The molecule has 1 fully saturated rings. The van der Waals surface area contributed by atoms with Crippen LogP contribution in [-0.2, 0) is 19.3 Å². The van der Waals surface area contributed by atoms with E-state index in [1.165, 1.54) is 12.3 Å². The summed E-state index contributed by atoms with van der Waals surface area (Å²) in [5.74, 6) is 5.30. The molecule has 1 heterocycles. The summed E-state index contributed by atoms with van der Waals surface area (Å²) in [6.07, 6.45) is 0.820. The van der Waals surface area contributed by atoms with Crippen LogP contribution in [0, 0.1) is 12.3 Å². The van der Waals surface area contributed by atoms with E-state index in [1.807, 2.05) is 0 Å². The molecule has 2 rings (SSSR count). The van der Waals surface area contributed by atoms with Gasteiger partial charge in [-0.25, -0.2) is 13.4 Å². The first-order valence-corrected chi connectivity index (χ1v) is 10.0. The molecule has 7 nitrogen and oxygen atoms in total. The summed E-state index contributed by atoms with van der Waals surface area (Å²) in [6, 6.07) is 5.01. The third-order valence-corrected chi connectivity index (χ3v) is 5.96. The Morgan fingerprint density at radius 3 is 2.68 bits per heavy atom. The smallest absolute Gasteiger partial charge is 0.242 e. The average Bonchev–Trinajstić information content (AvgIpc) is 2.55. The van der Waals surface area contributed by atoms with E-state index in [4.69, 9.17) is 15.3 Å². The van der Waals surface area contributed by atoms with Gasteiger partial charge in [0.05, 0.1) is 18.1 Å². The number of aryl methyl sites for hydroxylation is 1. The Bertz CT molecular complexity index is 781. The molecule has 1 aliphatic heterocycles. The van der Waals surface area contributed by atoms with Crippen LogP contribution < -0.4 is 10.8 Å². The number of nitrogens with two attached hydrogens (primary N) is 1. The van der Waals surface area contributed by atoms with Crippen LogP contribution in [-0.4, -0.2) is 45.7 Å². The van der Waals surface area contributed by atoms with Crippen LogP contribution in [0.1, 0.15) is 19.4 Å². The normalized spacial score (nSPS) is 19.4. The number of ether oxygens (including phenoxy) is 2. The fraction of sp³-hybridized carbons (Fsp3) is 0.500. The van der Waals surface area contributed by atoms with Gasteiger partial charge in [-0.3, -0.25) is 0 Å². The molecular formula is C16H23BrN3O4S+. The van der Waals surface area contributed by atoms with Gasteiger partial charge < -0.3 is 15.3 Å². The van der Waals surface area contributed by atoms with Gasteiger partial charge in [0.1, 0.15) is 0 Å². The molecule has 0 radical (unpaired) electrons. The van der Waals surface area contributed by atoms with Crippen LogP contribution in [0.15, 0.2) is 32.7 Å². The minimum atomic E-state index is -3.83. The van der Waals surface area contributed by atoms with E-state index in [0.717, 1.165) is 0 Å². The minimum Gasteiger partial charge on any atom is -0.346 e. The Hall–Kier alpha value is -1.29. The summed E-state index contributed by atoms with van der Waals surface area (Å²) in [5.41, 5.74) is 0.588. The van der Waals surface area contributed by atoms with Gasteiger partial charge in [-0.05, 0) is 24.6 Å². The predicted molar refractivity (Wildman–Crippen MR) is 99.1 cm³/mol. The molecule has 1 aromatic carbocycles. The monoisotopic (exact) mass is 432 g/mol. The Balaban J connectivity index is 2.10. The predicted octanol–water partition coefficient (Wildman–Crippen LogP) is 0.354. The Labute approximate surface area is 156 Å². The van der Waals surface area contributed by atoms with Crippen molar-refractivity contribution in [2.45, 2.75) is 32.0 Å². The maximum atomic E-state index is 12.7. The number of nitrogens with one attached hydrogen (secondary N) is 1. The number of nitrogens with zero attached hydrogens (tertiary/aromatic N) is 1. The third kappa shape index (κ3) is 5.10. The van der Waals surface area contributed by atoms with Crippen molar-refractivity contribution in [3.05, 3.63) is 28.2 Å². The van der Waals surface area contributed by atoms with E-state index in [2.05, 4.69) is 39.9 Å². The number of sulfone groups is 1. The highest BCUT2D eigenvalue weighted by Gasteiger charge is 2.30. The largest absolute Gasteiger partial charge is 0.346 e. The van der Waals surface area contributed by atoms with Crippen LogP contribution in [0.5, 0.6) is 0 Å². The number of rotatable bonds is 4. The van der Waals surface area contributed by atoms with E-state index >= 15 is 0 Å². The lowest BCUT2D eigenvalue weighted by molar-refractivity contribution is -0.485. The summed E-state index contributed by atoms with van der Waals surface area (Å²) in [4.78, 5) is 3.02. The van der Waals surface area contributed by atoms with Gasteiger partial charge in [-0.2, -0.15) is 5.10 Å². The standard InChI is InChI=1S/C16H22BrN3O4S/c1-11-4-5-12(17)6-13(11)25(21,22)14(20-18)7-19-8-15-23-9-16(2,3)10-24-15/h4-7,15H,8-10,18H2,1-3H3/p+1/b19-7?,20-14+. The molecule has 0 unspecified atom stereocenters. The number of halogens is 1. The molecule has 0 atom stereocenters. The van der Waals surface area contributed by atoms with Crippen LogP contribution in [0.2, 0.25) is 0 Å². The molecule has 0 bridgehead atoms. The highest BCUT2D eigenvalue weighted by Crippen LogP contribution is 2.23. The van der Waals surface area contributed by atoms with Gasteiger partial charge in [0.15, 0.2) is 6.54 Å². The topological polar surface area (TPSA) is 105 Å². The maximum Gasteiger partial charge on any atom is 0.242 e. The lowest BCUT2D eigenvalue weighted by Crippen LogP contribution is -2.74. The van der Waals surface area contributed by atoms with Gasteiger partial charge in [-0.1, -0.05) is 35.8 Å². The zero-order chi connectivity index (χ0) is 18.7. The van der Waals surface area contributed by atoms with Crippen molar-refractivity contribution < 1.29 is 22.9 Å². The van der Waals surface area contributed by atoms with Crippen molar-refractivity contribution >= 4 is 37.0 Å². The highest BCUT2D eigenvalue weighted by atomic mass is 79.9. The van der Waals surface area contributed by atoms with Crippen molar-refractivity contribution in [2.75, 3.05) is 19.8 Å². The van der Waals surface area contributed by atoms with Gasteiger partial charge >= 0.3 is 0 Å². The lowest BCUT2D eigenvalue weighted by atomic mass is 9.96. The summed E-state index contributed by atoms with van der Waals surface area (Å²) < 4.78 is 37.3. The lowest BCUT2D eigenvalue weighted by Gasteiger charge is -2.32. The van der Waals surface area contributed by atoms with Crippen LogP contribution in [0.25, 0.3) is 0 Å². The fourth-order valence-electron chi connectivity index (χ4n) is 2.25. The Morgan fingerprint density at radius 2 is 2.08 bits per heavy atom. The van der Waals surface area contributed by atoms with Crippen molar-refractivity contribution in [2.24, 2.45) is 16.4 Å². The number of benzene rings is 1. The highest BCUT2D eigenvalue weighted by molar-refractivity contribution is 9.10. The molecule has 1 aromatic rings. The van der Waals surface area contributed by atoms with E-state index in [0.29, 0.717) is 29.8 Å². The van der Waals surface area contributed by atoms with Crippen molar-refractivity contribution in [3.63, 3.8) is 0 Å². The summed E-state index contributed by atoms with van der Waals surface area (Å²) in [5, 5.41) is 3.17. The molecule has 1 saturated heterocycles. The van der Waals surface area contributed by atoms with Crippen LogP contribution in [0.3, 0.4) is 0 Å². The van der Waals surface area contributed by atoms with Gasteiger partial charge in [0.2, 0.25) is 27.4 Å². The second-order valence-corrected chi connectivity index (χ2v) is 9.43. The van der Waals surface area contributed by atoms with Gasteiger partial charge in [-0.15, -0.1) is 0 Å². The number of hydrogen-bond acceptors (Lipinski definition) is 6. The molecule has 25 heavy (non-hydrogen) atoms. The zero-order valence-corrected chi connectivity index (χ0v) is 16.9. The number of hydrazone groups is 1. The molecule has 138 valence electrons. The van der Waals surface area contributed by atoms with E-state index < -0.39 is 16.1 Å². The zero-order valence-electron chi connectivity index (χ0n) is 14.5. The average molecular weight is 433 g/mol. The molecule has 3 N–H and O–H groups in total. The third-order valence-electron chi connectivity index (χ3n) is 3.67. The maximum absolute atomic E-state index is 12.7. The molecule has 1 aliphatic rings. The minimum absolute atomic E-state index is 0.0222. The van der Waals surface area contributed by atoms with Gasteiger partial charge in [0, 0.05) is 9.89 Å². The van der Waals surface area contributed by atoms with E-state index in [-0.39, 0.29) is 15.4 Å². The molecule has 0 aromatic heterocycles. The van der Waals surface area contributed by atoms with Crippen molar-refractivity contribution in [3.8, 4) is 0 Å². The first-order valence-electron chi connectivity index (χ1n) is 7.75. The molecular weight excluding hydrogens is 410 g/mol. The molecule has 9 heteroatoms. The van der Waals surface area contributed by atoms with E-state index in [1.54, 1.807) is 19.1 Å². The van der Waals surface area contributed by atoms with Crippen molar-refractivity contribution in [1.82, 2.24) is 0 Å². The first kappa shape index (κ1) is 20.0. The summed E-state index contributed by atoms with van der Waals surface area (Å²) in [6.45, 7) is 7.26. The summed E-state index contributed by atoms with van der Waals surface area (Å²) in [7, 11) is -3.83. The van der Waals surface area contributed by atoms with Gasteiger partial charge in [0.25, 0.3) is 0 Å². The fourth-order valence-corrected chi connectivity index (χ4v) is 4.14. The molecule has 0 aliphatic carbocycles. The van der Waals surface area contributed by atoms with Crippen LogP contribution in [0.4, 0.5) is 0 Å². The Morgan fingerprint density at radius 1 is 1.44 bits per heavy atom. The van der Waals surface area contributed by atoms with E-state index in [9.17, 15) is 8.42 Å². The quantitative estimate of drug-likeness (QED) is 0.309. The first-order chi connectivity index (χ1) is 11.7.